The third-order valence-corrected chi connectivity index (χ3v) is 5.91. The number of nitrogens with one attached hydrogen (secondary N) is 1. The number of carbonyl (C=O) groups is 1. The van der Waals surface area contributed by atoms with Gasteiger partial charge in [-0.25, -0.2) is 4.98 Å². The molecule has 1 aliphatic rings. The Morgan fingerprint density at radius 3 is 2.83 bits per heavy atom. The van der Waals surface area contributed by atoms with E-state index in [4.69, 9.17) is 9.47 Å². The number of likely N-dealkylation sites (tertiary alicyclic amines) is 1. The van der Waals surface area contributed by atoms with E-state index < -0.39 is 0 Å². The maximum absolute atomic E-state index is 12.8. The Balaban J connectivity index is 1.61. The minimum atomic E-state index is 0.0133. The summed E-state index contributed by atoms with van der Waals surface area (Å²) in [6.07, 6.45) is 1.98. The predicted octanol–water partition coefficient (Wildman–Crippen LogP) is 3.04. The lowest BCUT2D eigenvalue weighted by Crippen LogP contribution is -2.43. The van der Waals surface area contributed by atoms with E-state index >= 15 is 0 Å². The molecule has 3 rings (SSSR count). The van der Waals surface area contributed by atoms with Crippen molar-refractivity contribution in [2.75, 3.05) is 59.8 Å². The number of thiazole rings is 1. The second-order valence-corrected chi connectivity index (χ2v) is 8.40. The zero-order valence-corrected chi connectivity index (χ0v) is 18.4. The van der Waals surface area contributed by atoms with Crippen molar-refractivity contribution in [2.45, 2.75) is 12.8 Å². The molecule has 158 valence electrons. The molecule has 0 bridgehead atoms. The van der Waals surface area contributed by atoms with Gasteiger partial charge >= 0.3 is 0 Å². The third-order valence-electron chi connectivity index (χ3n) is 5.15. The van der Waals surface area contributed by atoms with E-state index in [-0.39, 0.29) is 11.8 Å². The molecule has 1 aliphatic heterocycles. The number of benzene rings is 1. The third kappa shape index (κ3) is 5.68. The van der Waals surface area contributed by atoms with E-state index in [1.807, 2.05) is 23.6 Å². The van der Waals surface area contributed by atoms with Gasteiger partial charge in [0, 0.05) is 30.6 Å². The molecule has 2 aromatic rings. The summed E-state index contributed by atoms with van der Waals surface area (Å²) in [5.74, 6) is 1.41. The highest BCUT2D eigenvalue weighted by Crippen LogP contribution is 2.33. The van der Waals surface area contributed by atoms with Gasteiger partial charge in [-0.2, -0.15) is 0 Å². The summed E-state index contributed by atoms with van der Waals surface area (Å²) in [7, 11) is 7.38. The van der Waals surface area contributed by atoms with Crippen molar-refractivity contribution in [1.82, 2.24) is 14.8 Å². The SMILES string of the molecule is COc1ccc(-c2csc(NC(=O)C3CCCN(CCN(C)C)C3)n2)cc1OC. The van der Waals surface area contributed by atoms with Crippen molar-refractivity contribution >= 4 is 22.4 Å². The van der Waals surface area contributed by atoms with Crippen LogP contribution in [0.15, 0.2) is 23.6 Å². The summed E-state index contributed by atoms with van der Waals surface area (Å²) in [4.78, 5) is 21.9. The monoisotopic (exact) mass is 418 g/mol. The molecule has 0 saturated carbocycles. The van der Waals surface area contributed by atoms with Gasteiger partial charge in [0.05, 0.1) is 25.8 Å². The summed E-state index contributed by atoms with van der Waals surface area (Å²) in [6.45, 7) is 3.89. The molecule has 1 atom stereocenters. The van der Waals surface area contributed by atoms with Gasteiger partial charge < -0.3 is 24.6 Å². The van der Waals surface area contributed by atoms with E-state index in [2.05, 4.69) is 34.2 Å². The molecule has 1 N–H and O–H groups in total. The molecule has 0 radical (unpaired) electrons. The van der Waals surface area contributed by atoms with Gasteiger partial charge in [-0.05, 0) is 51.7 Å². The Morgan fingerprint density at radius 2 is 2.10 bits per heavy atom. The first kappa shape index (κ1) is 21.5. The average Bonchev–Trinajstić information content (AvgIpc) is 3.20. The van der Waals surface area contributed by atoms with Gasteiger partial charge in [-0.15, -0.1) is 11.3 Å². The van der Waals surface area contributed by atoms with Crippen LogP contribution in [0.25, 0.3) is 11.3 Å². The number of anilines is 1. The van der Waals surface area contributed by atoms with Gasteiger partial charge in [0.2, 0.25) is 5.91 Å². The maximum Gasteiger partial charge on any atom is 0.230 e. The van der Waals surface area contributed by atoms with Gasteiger partial charge in [0.15, 0.2) is 16.6 Å². The van der Waals surface area contributed by atoms with Crippen LogP contribution in [-0.2, 0) is 4.79 Å². The summed E-state index contributed by atoms with van der Waals surface area (Å²) in [5, 5.41) is 5.59. The molecule has 1 amide bonds. The summed E-state index contributed by atoms with van der Waals surface area (Å²) < 4.78 is 10.7. The number of carbonyl (C=O) groups excluding carboxylic acids is 1. The number of methoxy groups -OCH3 is 2. The number of likely N-dealkylation sites (N-methyl/N-ethyl adjacent to an activating group) is 1. The van der Waals surface area contributed by atoms with Gasteiger partial charge in [-0.1, -0.05) is 0 Å². The second kappa shape index (κ2) is 10.0. The van der Waals surface area contributed by atoms with E-state index in [1.54, 1.807) is 14.2 Å². The Morgan fingerprint density at radius 1 is 1.31 bits per heavy atom. The van der Waals surface area contributed by atoms with E-state index in [0.717, 1.165) is 50.3 Å². The molecule has 29 heavy (non-hydrogen) atoms. The fraction of sp³-hybridized carbons (Fsp3) is 0.524. The van der Waals surface area contributed by atoms with Gasteiger partial charge in [0.25, 0.3) is 0 Å². The maximum atomic E-state index is 12.8. The smallest absolute Gasteiger partial charge is 0.230 e. The Hall–Kier alpha value is -2.16. The van der Waals surface area contributed by atoms with Crippen molar-refractivity contribution in [3.63, 3.8) is 0 Å². The zero-order chi connectivity index (χ0) is 20.8. The van der Waals surface area contributed by atoms with Crippen molar-refractivity contribution in [1.29, 1.82) is 0 Å². The number of ether oxygens (including phenoxy) is 2. The molecular formula is C21H30N4O3S. The minimum Gasteiger partial charge on any atom is -0.493 e. The minimum absolute atomic E-state index is 0.0133. The number of nitrogens with zero attached hydrogens (tertiary/aromatic N) is 3. The van der Waals surface area contributed by atoms with Crippen LogP contribution in [0, 0.1) is 5.92 Å². The molecule has 7 nitrogen and oxygen atoms in total. The van der Waals surface area contributed by atoms with Crippen molar-refractivity contribution in [3.05, 3.63) is 23.6 Å². The number of hydrogen-bond acceptors (Lipinski definition) is 7. The first-order chi connectivity index (χ1) is 14.0. The standard InChI is InChI=1S/C21H30N4O3S/c1-24(2)10-11-25-9-5-6-16(13-25)20(26)23-21-22-17(14-29-21)15-7-8-18(27-3)19(12-15)28-4/h7-8,12,14,16H,5-6,9-11,13H2,1-4H3,(H,22,23,26). The normalized spacial score (nSPS) is 17.3. The van der Waals surface area contributed by atoms with Crippen LogP contribution in [0.1, 0.15) is 12.8 Å². The first-order valence-corrected chi connectivity index (χ1v) is 10.7. The molecule has 8 heteroatoms. The predicted molar refractivity (Wildman–Crippen MR) is 117 cm³/mol. The number of hydrogen-bond donors (Lipinski definition) is 1. The molecular weight excluding hydrogens is 388 g/mol. The summed E-state index contributed by atoms with van der Waals surface area (Å²) in [6, 6.07) is 5.69. The lowest BCUT2D eigenvalue weighted by atomic mass is 9.97. The Kier molecular flexibility index (Phi) is 7.46. The molecule has 1 aromatic carbocycles. The average molecular weight is 419 g/mol. The number of rotatable bonds is 8. The highest BCUT2D eigenvalue weighted by atomic mass is 32.1. The molecule has 2 heterocycles. The molecule has 1 aromatic heterocycles. The lowest BCUT2D eigenvalue weighted by molar-refractivity contribution is -0.121. The lowest BCUT2D eigenvalue weighted by Gasteiger charge is -2.32. The van der Waals surface area contributed by atoms with E-state index in [0.29, 0.717) is 16.6 Å². The quantitative estimate of drug-likeness (QED) is 0.711. The van der Waals surface area contributed by atoms with Crippen LogP contribution in [0.4, 0.5) is 5.13 Å². The van der Waals surface area contributed by atoms with Crippen LogP contribution in [0.2, 0.25) is 0 Å². The molecule has 1 unspecified atom stereocenters. The summed E-state index contributed by atoms with van der Waals surface area (Å²) in [5.41, 5.74) is 1.73. The summed E-state index contributed by atoms with van der Waals surface area (Å²) >= 11 is 1.44. The van der Waals surface area contributed by atoms with Crippen LogP contribution in [0.3, 0.4) is 0 Å². The van der Waals surface area contributed by atoms with Crippen LogP contribution < -0.4 is 14.8 Å². The van der Waals surface area contributed by atoms with Crippen molar-refractivity contribution < 1.29 is 14.3 Å². The number of amides is 1. The molecule has 0 spiro atoms. The number of piperidine rings is 1. The first-order valence-electron chi connectivity index (χ1n) is 9.86. The highest BCUT2D eigenvalue weighted by molar-refractivity contribution is 7.14. The zero-order valence-electron chi connectivity index (χ0n) is 17.6. The van der Waals surface area contributed by atoms with Gasteiger partial charge in [-0.3, -0.25) is 4.79 Å². The Labute approximate surface area is 176 Å². The molecule has 1 fully saturated rings. The number of aromatic nitrogens is 1. The van der Waals surface area contributed by atoms with Crippen LogP contribution in [0.5, 0.6) is 11.5 Å². The largest absolute Gasteiger partial charge is 0.493 e. The molecule has 1 saturated heterocycles. The van der Waals surface area contributed by atoms with Crippen molar-refractivity contribution in [3.8, 4) is 22.8 Å². The second-order valence-electron chi connectivity index (χ2n) is 7.54. The van der Waals surface area contributed by atoms with E-state index in [9.17, 15) is 4.79 Å². The van der Waals surface area contributed by atoms with E-state index in [1.165, 1.54) is 11.3 Å². The highest BCUT2D eigenvalue weighted by Gasteiger charge is 2.26. The van der Waals surface area contributed by atoms with Crippen LogP contribution >= 0.6 is 11.3 Å². The van der Waals surface area contributed by atoms with Crippen molar-refractivity contribution in [2.24, 2.45) is 5.92 Å². The molecule has 0 aliphatic carbocycles. The topological polar surface area (TPSA) is 66.9 Å². The van der Waals surface area contributed by atoms with Gasteiger partial charge in [0.1, 0.15) is 0 Å². The fourth-order valence-corrected chi connectivity index (χ4v) is 4.20. The van der Waals surface area contributed by atoms with Crippen LogP contribution in [-0.4, -0.2) is 75.2 Å². The Bertz CT molecular complexity index is 824. The fourth-order valence-electron chi connectivity index (χ4n) is 3.48.